The topological polar surface area (TPSA) is 71.9 Å². The summed E-state index contributed by atoms with van der Waals surface area (Å²) in [5.41, 5.74) is 12.2. The highest BCUT2D eigenvalue weighted by Gasteiger charge is 2.20. The van der Waals surface area contributed by atoms with Gasteiger partial charge in [-0.05, 0) is 35.2 Å². The van der Waals surface area contributed by atoms with Crippen molar-refractivity contribution in [1.29, 1.82) is 5.26 Å². The Morgan fingerprint density at radius 3 is 2.26 bits per heavy atom. The number of aromatic nitrogens is 1. The number of hydrogen-bond acceptors (Lipinski definition) is 4. The van der Waals surface area contributed by atoms with Gasteiger partial charge >= 0.3 is 0 Å². The second-order valence-corrected chi connectivity index (χ2v) is 7.21. The molecule has 0 atom stereocenters. The first kappa shape index (κ1) is 20.2. The number of rotatable bonds is 6. The number of nitrogens with two attached hydrogens (primary N) is 1. The Kier molecular flexibility index (Phi) is 5.96. The molecule has 4 rings (SSSR count). The molecular weight excluding hydrogens is 382 g/mol. The van der Waals surface area contributed by atoms with Gasteiger partial charge in [-0.15, -0.1) is 0 Å². The molecule has 4 nitrogen and oxygen atoms in total. The van der Waals surface area contributed by atoms with Crippen LogP contribution in [0.5, 0.6) is 5.75 Å². The third kappa shape index (κ3) is 4.26. The molecule has 0 saturated carbocycles. The zero-order chi connectivity index (χ0) is 21.6. The number of ether oxygens (including phenoxy) is 1. The van der Waals surface area contributed by atoms with Crippen molar-refractivity contribution in [2.24, 2.45) is 0 Å². The van der Waals surface area contributed by atoms with Crippen LogP contribution in [0.15, 0.2) is 84.9 Å². The van der Waals surface area contributed by atoms with Crippen molar-refractivity contribution in [2.45, 2.75) is 20.0 Å². The molecule has 152 valence electrons. The van der Waals surface area contributed by atoms with Gasteiger partial charge in [0.25, 0.3) is 0 Å². The van der Waals surface area contributed by atoms with Crippen LogP contribution >= 0.6 is 0 Å². The fourth-order valence-corrected chi connectivity index (χ4v) is 3.73. The van der Waals surface area contributed by atoms with E-state index in [0.29, 0.717) is 12.2 Å². The number of anilines is 1. The molecule has 31 heavy (non-hydrogen) atoms. The van der Waals surface area contributed by atoms with E-state index in [4.69, 9.17) is 10.5 Å². The zero-order valence-electron chi connectivity index (χ0n) is 17.4. The third-order valence-corrected chi connectivity index (χ3v) is 5.21. The Balaban J connectivity index is 1.80. The van der Waals surface area contributed by atoms with E-state index >= 15 is 0 Å². The number of hydrogen-bond donors (Lipinski definition) is 1. The third-order valence-electron chi connectivity index (χ3n) is 5.21. The molecule has 0 spiro atoms. The highest BCUT2D eigenvalue weighted by Crippen LogP contribution is 2.37. The van der Waals surface area contributed by atoms with Gasteiger partial charge in [-0.2, -0.15) is 5.26 Å². The van der Waals surface area contributed by atoms with Gasteiger partial charge in [0, 0.05) is 11.1 Å². The quantitative estimate of drug-likeness (QED) is 0.426. The molecule has 0 aliphatic heterocycles. The normalized spacial score (nSPS) is 10.5. The average molecular weight is 406 g/mol. The van der Waals surface area contributed by atoms with E-state index in [1.165, 1.54) is 0 Å². The lowest BCUT2D eigenvalue weighted by atomic mass is 9.90. The number of pyridine rings is 1. The van der Waals surface area contributed by atoms with Crippen molar-refractivity contribution in [3.05, 3.63) is 102 Å². The molecule has 1 aromatic heterocycles. The van der Waals surface area contributed by atoms with Gasteiger partial charge < -0.3 is 10.5 Å². The first-order valence-corrected chi connectivity index (χ1v) is 10.3. The molecule has 0 bridgehead atoms. The predicted octanol–water partition coefficient (Wildman–Crippen LogP) is 6.01. The SMILES string of the molecule is CCc1c(-c2ccccc2)nc(N)c(C#N)c1-c1cccc(OCc2ccccc2)c1. The van der Waals surface area contributed by atoms with Crippen LogP contribution in [0.1, 0.15) is 23.6 Å². The summed E-state index contributed by atoms with van der Waals surface area (Å²) >= 11 is 0. The van der Waals surface area contributed by atoms with Gasteiger partial charge in [0.2, 0.25) is 0 Å². The molecule has 3 aromatic carbocycles. The number of nitriles is 1. The Bertz CT molecular complexity index is 1230. The van der Waals surface area contributed by atoms with Gasteiger partial charge in [-0.3, -0.25) is 0 Å². The van der Waals surface area contributed by atoms with Crippen molar-refractivity contribution in [3.63, 3.8) is 0 Å². The van der Waals surface area contributed by atoms with Crippen molar-refractivity contribution < 1.29 is 4.74 Å². The van der Waals surface area contributed by atoms with Gasteiger partial charge in [0.15, 0.2) is 0 Å². The van der Waals surface area contributed by atoms with Crippen molar-refractivity contribution in [2.75, 3.05) is 5.73 Å². The van der Waals surface area contributed by atoms with Crippen LogP contribution in [0, 0.1) is 11.3 Å². The molecule has 1 heterocycles. The molecule has 0 aliphatic rings. The van der Waals surface area contributed by atoms with Crippen molar-refractivity contribution >= 4 is 5.82 Å². The highest BCUT2D eigenvalue weighted by atomic mass is 16.5. The van der Waals surface area contributed by atoms with Gasteiger partial charge in [0.05, 0.1) is 5.69 Å². The van der Waals surface area contributed by atoms with Gasteiger partial charge in [0.1, 0.15) is 29.8 Å². The van der Waals surface area contributed by atoms with Crippen molar-refractivity contribution in [1.82, 2.24) is 4.98 Å². The zero-order valence-corrected chi connectivity index (χ0v) is 17.4. The maximum atomic E-state index is 9.86. The minimum atomic E-state index is 0.240. The summed E-state index contributed by atoms with van der Waals surface area (Å²) in [6.45, 7) is 2.55. The Labute approximate surface area is 182 Å². The van der Waals surface area contributed by atoms with E-state index in [1.54, 1.807) is 0 Å². The van der Waals surface area contributed by atoms with E-state index in [0.717, 1.165) is 45.7 Å². The van der Waals surface area contributed by atoms with Crippen LogP contribution in [0.25, 0.3) is 22.4 Å². The number of nitrogen functional groups attached to an aromatic ring is 1. The summed E-state index contributed by atoms with van der Waals surface area (Å²) in [7, 11) is 0. The maximum absolute atomic E-state index is 9.86. The molecule has 0 saturated heterocycles. The Morgan fingerprint density at radius 1 is 0.903 bits per heavy atom. The molecule has 4 heteroatoms. The smallest absolute Gasteiger partial charge is 0.142 e. The number of nitrogens with zero attached hydrogens (tertiary/aromatic N) is 2. The summed E-state index contributed by atoms with van der Waals surface area (Å²) < 4.78 is 6.02. The molecule has 0 unspecified atom stereocenters. The lowest BCUT2D eigenvalue weighted by molar-refractivity contribution is 0.306. The number of benzene rings is 3. The lowest BCUT2D eigenvalue weighted by Crippen LogP contribution is -2.05. The van der Waals surface area contributed by atoms with Crippen LogP contribution in [0.4, 0.5) is 5.82 Å². The maximum Gasteiger partial charge on any atom is 0.142 e. The highest BCUT2D eigenvalue weighted by molar-refractivity contribution is 5.84. The van der Waals surface area contributed by atoms with Crippen LogP contribution < -0.4 is 10.5 Å². The van der Waals surface area contributed by atoms with E-state index in [2.05, 4.69) is 18.0 Å². The van der Waals surface area contributed by atoms with E-state index in [-0.39, 0.29) is 5.82 Å². The standard InChI is InChI=1S/C27H23N3O/c1-2-23-25(24(17-28)27(29)30-26(23)20-12-7-4-8-13-20)21-14-9-15-22(16-21)31-18-19-10-5-3-6-11-19/h3-16H,2,18H2,1H3,(H2,29,30). The first-order valence-electron chi connectivity index (χ1n) is 10.3. The van der Waals surface area contributed by atoms with Gasteiger partial charge in [-0.25, -0.2) is 4.98 Å². The second kappa shape index (κ2) is 9.15. The molecule has 4 aromatic rings. The summed E-state index contributed by atoms with van der Waals surface area (Å²) in [4.78, 5) is 4.59. The summed E-state index contributed by atoms with van der Waals surface area (Å²) in [5, 5.41) is 9.86. The summed E-state index contributed by atoms with van der Waals surface area (Å²) in [5.74, 6) is 0.980. The Morgan fingerprint density at radius 2 is 1.58 bits per heavy atom. The molecule has 0 amide bonds. The van der Waals surface area contributed by atoms with Gasteiger partial charge in [-0.1, -0.05) is 79.7 Å². The minimum absolute atomic E-state index is 0.240. The van der Waals surface area contributed by atoms with Crippen molar-refractivity contribution in [3.8, 4) is 34.2 Å². The van der Waals surface area contributed by atoms with E-state index in [9.17, 15) is 5.26 Å². The summed E-state index contributed by atoms with van der Waals surface area (Å²) in [6.07, 6.45) is 0.719. The molecular formula is C27H23N3O. The molecule has 0 radical (unpaired) electrons. The lowest BCUT2D eigenvalue weighted by Gasteiger charge is -2.17. The monoisotopic (exact) mass is 405 g/mol. The van der Waals surface area contributed by atoms with Crippen LogP contribution in [-0.4, -0.2) is 4.98 Å². The molecule has 2 N–H and O–H groups in total. The van der Waals surface area contributed by atoms with Crippen LogP contribution in [-0.2, 0) is 13.0 Å². The fourth-order valence-electron chi connectivity index (χ4n) is 3.73. The summed E-state index contributed by atoms with van der Waals surface area (Å²) in [6, 6.07) is 30.0. The first-order chi connectivity index (χ1) is 15.2. The van der Waals surface area contributed by atoms with Crippen LogP contribution in [0.3, 0.4) is 0 Å². The Hall–Kier alpha value is -4.10. The van der Waals surface area contributed by atoms with E-state index in [1.807, 2.05) is 84.9 Å². The van der Waals surface area contributed by atoms with Crippen LogP contribution in [0.2, 0.25) is 0 Å². The largest absolute Gasteiger partial charge is 0.489 e. The van der Waals surface area contributed by atoms with E-state index < -0.39 is 0 Å². The molecule has 0 fully saturated rings. The average Bonchev–Trinajstić information content (AvgIpc) is 2.83. The molecule has 0 aliphatic carbocycles. The fraction of sp³-hybridized carbons (Fsp3) is 0.111. The minimum Gasteiger partial charge on any atom is -0.489 e. The predicted molar refractivity (Wildman–Crippen MR) is 124 cm³/mol. The second-order valence-electron chi connectivity index (χ2n) is 7.21.